The van der Waals surface area contributed by atoms with Crippen molar-refractivity contribution in [2.24, 2.45) is 0 Å². The molecule has 4 nitrogen and oxygen atoms in total. The van der Waals surface area contributed by atoms with Gasteiger partial charge in [-0.05, 0) is 24.6 Å². The summed E-state index contributed by atoms with van der Waals surface area (Å²) in [6.45, 7) is 3.76. The zero-order valence-corrected chi connectivity index (χ0v) is 11.0. The highest BCUT2D eigenvalue weighted by molar-refractivity contribution is 6.30. The lowest BCUT2D eigenvalue weighted by molar-refractivity contribution is -0.0279. The number of carbonyl (C=O) groups is 1. The second-order valence-corrected chi connectivity index (χ2v) is 4.50. The van der Waals surface area contributed by atoms with Crippen molar-refractivity contribution in [2.75, 3.05) is 26.3 Å². The van der Waals surface area contributed by atoms with Gasteiger partial charge in [0.05, 0.1) is 19.8 Å². The molecule has 1 aromatic rings. The molecule has 0 spiro atoms. The summed E-state index contributed by atoms with van der Waals surface area (Å²) < 4.78 is 10.7. The van der Waals surface area contributed by atoms with Crippen LogP contribution in [0.1, 0.15) is 18.6 Å². The first-order chi connectivity index (χ1) is 8.70. The molecule has 0 N–H and O–H groups in total. The largest absolute Gasteiger partial charge is 0.450 e. The van der Waals surface area contributed by atoms with Gasteiger partial charge in [0.2, 0.25) is 0 Å². The van der Waals surface area contributed by atoms with Crippen LogP contribution in [0.3, 0.4) is 0 Å². The number of ether oxygens (including phenoxy) is 2. The van der Waals surface area contributed by atoms with E-state index < -0.39 is 0 Å². The van der Waals surface area contributed by atoms with Crippen molar-refractivity contribution in [3.63, 3.8) is 0 Å². The van der Waals surface area contributed by atoms with E-state index in [0.29, 0.717) is 31.3 Å². The standard InChI is InChI=1S/C13H16ClNO3/c1-2-17-13(16)15-6-7-18-12(9-15)10-4-3-5-11(14)8-10/h3-5,8,12H,2,6-7,9H2,1H3. The Morgan fingerprint density at radius 3 is 3.17 bits per heavy atom. The molecule has 1 aromatic carbocycles. The highest BCUT2D eigenvalue weighted by Crippen LogP contribution is 2.24. The molecule has 1 heterocycles. The Hall–Kier alpha value is -1.26. The van der Waals surface area contributed by atoms with Crippen molar-refractivity contribution < 1.29 is 14.3 Å². The average Bonchev–Trinajstić information content (AvgIpc) is 2.39. The van der Waals surface area contributed by atoms with Crippen LogP contribution >= 0.6 is 11.6 Å². The Balaban J connectivity index is 2.04. The Labute approximate surface area is 111 Å². The van der Waals surface area contributed by atoms with Crippen molar-refractivity contribution in [1.29, 1.82) is 0 Å². The van der Waals surface area contributed by atoms with Crippen LogP contribution in [-0.2, 0) is 9.47 Å². The van der Waals surface area contributed by atoms with E-state index in [4.69, 9.17) is 21.1 Å². The Bertz CT molecular complexity index is 424. The molecule has 1 saturated heterocycles. The highest BCUT2D eigenvalue weighted by Gasteiger charge is 2.26. The average molecular weight is 270 g/mol. The fourth-order valence-electron chi connectivity index (χ4n) is 1.94. The van der Waals surface area contributed by atoms with Gasteiger partial charge in [0.1, 0.15) is 6.10 Å². The number of hydrogen-bond acceptors (Lipinski definition) is 3. The first kappa shape index (κ1) is 13.2. The predicted octanol–water partition coefficient (Wildman–Crippen LogP) is 2.87. The summed E-state index contributed by atoms with van der Waals surface area (Å²) >= 11 is 5.95. The van der Waals surface area contributed by atoms with Gasteiger partial charge in [-0.2, -0.15) is 0 Å². The van der Waals surface area contributed by atoms with Crippen LogP contribution in [0, 0.1) is 0 Å². The smallest absolute Gasteiger partial charge is 0.409 e. The SMILES string of the molecule is CCOC(=O)N1CCOC(c2cccc(Cl)c2)C1. The predicted molar refractivity (Wildman–Crippen MR) is 68.7 cm³/mol. The van der Waals surface area contributed by atoms with Crippen LogP contribution in [0.2, 0.25) is 5.02 Å². The van der Waals surface area contributed by atoms with Gasteiger partial charge in [-0.3, -0.25) is 0 Å². The van der Waals surface area contributed by atoms with Gasteiger partial charge in [0, 0.05) is 11.6 Å². The van der Waals surface area contributed by atoms with Crippen LogP contribution in [0.25, 0.3) is 0 Å². The van der Waals surface area contributed by atoms with Crippen molar-refractivity contribution in [1.82, 2.24) is 4.90 Å². The van der Waals surface area contributed by atoms with E-state index in [2.05, 4.69) is 0 Å². The number of nitrogens with zero attached hydrogens (tertiary/aromatic N) is 1. The maximum atomic E-state index is 11.7. The second-order valence-electron chi connectivity index (χ2n) is 4.06. The van der Waals surface area contributed by atoms with Gasteiger partial charge in [-0.15, -0.1) is 0 Å². The molecule has 0 saturated carbocycles. The lowest BCUT2D eigenvalue weighted by atomic mass is 10.1. The maximum absolute atomic E-state index is 11.7. The topological polar surface area (TPSA) is 38.8 Å². The van der Waals surface area contributed by atoms with Gasteiger partial charge in [0.25, 0.3) is 0 Å². The van der Waals surface area contributed by atoms with Crippen LogP contribution in [0.4, 0.5) is 4.79 Å². The van der Waals surface area contributed by atoms with Crippen LogP contribution in [0.15, 0.2) is 24.3 Å². The monoisotopic (exact) mass is 269 g/mol. The molecule has 5 heteroatoms. The van der Waals surface area contributed by atoms with Crippen molar-refractivity contribution >= 4 is 17.7 Å². The van der Waals surface area contributed by atoms with Crippen molar-refractivity contribution in [3.8, 4) is 0 Å². The summed E-state index contributed by atoms with van der Waals surface area (Å²) in [5, 5.41) is 0.671. The number of carbonyl (C=O) groups excluding carboxylic acids is 1. The molecule has 1 unspecified atom stereocenters. The van der Waals surface area contributed by atoms with Gasteiger partial charge < -0.3 is 14.4 Å². The summed E-state index contributed by atoms with van der Waals surface area (Å²) in [5.74, 6) is 0. The summed E-state index contributed by atoms with van der Waals surface area (Å²) in [5.41, 5.74) is 0.983. The third-order valence-corrected chi connectivity index (χ3v) is 3.05. The number of morpholine rings is 1. The molecule has 1 aliphatic heterocycles. The normalized spacial score (nSPS) is 19.7. The van der Waals surface area contributed by atoms with Gasteiger partial charge in [-0.25, -0.2) is 4.79 Å². The number of halogens is 1. The summed E-state index contributed by atoms with van der Waals surface area (Å²) in [7, 11) is 0. The van der Waals surface area contributed by atoms with Gasteiger partial charge in [-0.1, -0.05) is 23.7 Å². The van der Waals surface area contributed by atoms with Crippen molar-refractivity contribution in [2.45, 2.75) is 13.0 Å². The molecule has 98 valence electrons. The van der Waals surface area contributed by atoms with E-state index in [9.17, 15) is 4.79 Å². The molecular formula is C13H16ClNO3. The van der Waals surface area contributed by atoms with E-state index >= 15 is 0 Å². The molecule has 0 aromatic heterocycles. The van der Waals surface area contributed by atoms with Crippen molar-refractivity contribution in [3.05, 3.63) is 34.9 Å². The van der Waals surface area contributed by atoms with E-state index in [1.165, 1.54) is 0 Å². The van der Waals surface area contributed by atoms with Crippen LogP contribution in [-0.4, -0.2) is 37.3 Å². The quantitative estimate of drug-likeness (QED) is 0.829. The minimum absolute atomic E-state index is 0.137. The molecule has 1 amide bonds. The molecule has 1 atom stereocenters. The first-order valence-corrected chi connectivity index (χ1v) is 6.37. The lowest BCUT2D eigenvalue weighted by Crippen LogP contribution is -2.42. The first-order valence-electron chi connectivity index (χ1n) is 5.99. The number of hydrogen-bond donors (Lipinski definition) is 0. The number of amides is 1. The Morgan fingerprint density at radius 2 is 2.44 bits per heavy atom. The minimum Gasteiger partial charge on any atom is -0.450 e. The van der Waals surface area contributed by atoms with E-state index in [0.717, 1.165) is 5.56 Å². The van der Waals surface area contributed by atoms with E-state index in [-0.39, 0.29) is 12.2 Å². The molecular weight excluding hydrogens is 254 g/mol. The maximum Gasteiger partial charge on any atom is 0.409 e. The Morgan fingerprint density at radius 1 is 1.61 bits per heavy atom. The number of benzene rings is 1. The fourth-order valence-corrected chi connectivity index (χ4v) is 2.14. The minimum atomic E-state index is -0.284. The van der Waals surface area contributed by atoms with Gasteiger partial charge >= 0.3 is 6.09 Å². The van der Waals surface area contributed by atoms with Crippen LogP contribution < -0.4 is 0 Å². The third-order valence-electron chi connectivity index (χ3n) is 2.81. The highest BCUT2D eigenvalue weighted by atomic mass is 35.5. The number of rotatable bonds is 2. The summed E-state index contributed by atoms with van der Waals surface area (Å²) in [4.78, 5) is 13.3. The van der Waals surface area contributed by atoms with Crippen LogP contribution in [0.5, 0.6) is 0 Å². The Kier molecular flexibility index (Phi) is 4.44. The molecule has 1 aliphatic rings. The lowest BCUT2D eigenvalue weighted by Gasteiger charge is -2.32. The fraction of sp³-hybridized carbons (Fsp3) is 0.462. The van der Waals surface area contributed by atoms with E-state index in [1.807, 2.05) is 24.3 Å². The molecule has 18 heavy (non-hydrogen) atoms. The molecule has 1 fully saturated rings. The second kappa shape index (κ2) is 6.07. The summed E-state index contributed by atoms with van der Waals surface area (Å²) in [6, 6.07) is 7.51. The molecule has 0 aliphatic carbocycles. The molecule has 0 radical (unpaired) electrons. The van der Waals surface area contributed by atoms with E-state index in [1.54, 1.807) is 11.8 Å². The van der Waals surface area contributed by atoms with Gasteiger partial charge in [0.15, 0.2) is 0 Å². The molecule has 2 rings (SSSR count). The summed E-state index contributed by atoms with van der Waals surface area (Å²) in [6.07, 6.45) is -0.422. The zero-order chi connectivity index (χ0) is 13.0. The molecule has 0 bridgehead atoms. The third kappa shape index (κ3) is 3.15. The zero-order valence-electron chi connectivity index (χ0n) is 10.3.